The van der Waals surface area contributed by atoms with Gasteiger partial charge in [0.25, 0.3) is 0 Å². The van der Waals surface area contributed by atoms with Crippen LogP contribution in [0.5, 0.6) is 5.88 Å². The molecule has 0 radical (unpaired) electrons. The predicted molar refractivity (Wildman–Crippen MR) is 180 cm³/mol. The maximum Gasteiger partial charge on any atom is 0.220 e. The van der Waals surface area contributed by atoms with E-state index in [1.165, 1.54) is 0 Å². The van der Waals surface area contributed by atoms with E-state index in [0.29, 0.717) is 65.6 Å². The second kappa shape index (κ2) is 14.1. The number of ether oxygens (including phenoxy) is 1. The highest BCUT2D eigenvalue weighted by atomic mass is 35.5. The van der Waals surface area contributed by atoms with Crippen molar-refractivity contribution in [1.29, 1.82) is 0 Å². The van der Waals surface area contributed by atoms with Crippen LogP contribution in [0, 0.1) is 0 Å². The first-order valence-corrected chi connectivity index (χ1v) is 15.9. The summed E-state index contributed by atoms with van der Waals surface area (Å²) in [4.78, 5) is 20.9. The Kier molecular flexibility index (Phi) is 9.81. The molecule has 6 rings (SSSR count). The summed E-state index contributed by atoms with van der Waals surface area (Å²) in [5.41, 5.74) is 6.87. The Morgan fingerprint density at radius 1 is 0.957 bits per heavy atom. The molecule has 1 aliphatic heterocycles. The van der Waals surface area contributed by atoms with Gasteiger partial charge in [-0.05, 0) is 31.5 Å². The maximum absolute atomic E-state index is 11.5. The van der Waals surface area contributed by atoms with E-state index in [1.807, 2.05) is 66.9 Å². The van der Waals surface area contributed by atoms with Gasteiger partial charge in [0.1, 0.15) is 0 Å². The Hall–Kier alpha value is -4.06. The molecule has 1 aliphatic rings. The van der Waals surface area contributed by atoms with Crippen LogP contribution in [0.3, 0.4) is 0 Å². The minimum atomic E-state index is -0.433. The molecular weight excluding hydrogens is 625 g/mol. The predicted octanol–water partition coefficient (Wildman–Crippen LogP) is 5.28. The minimum Gasteiger partial charge on any atom is -0.481 e. The standard InChI is InChI=1S/C34H35Cl2N7O3/c1-20(44)15-37-18-23-19-43-30(39-23)13-12-29(42-43)27-8-4-6-25(33(27)36)24-5-3-7-26(32(24)35)28-11-9-21(34(41-28)46-2)16-38-17-22-10-14-31(45)40-22/h3-9,11-13,19-20,22,37-38,44H,10,14-18H2,1-2H3,(H,40,45)/t20-,22+/m1/s1. The van der Waals surface area contributed by atoms with Crippen LogP contribution >= 0.6 is 23.2 Å². The molecule has 0 aliphatic carbocycles. The normalized spacial score (nSPS) is 15.3. The van der Waals surface area contributed by atoms with Crippen molar-refractivity contribution in [3.63, 3.8) is 0 Å². The molecule has 10 nitrogen and oxygen atoms in total. The molecule has 1 saturated heterocycles. The molecule has 12 heteroatoms. The van der Waals surface area contributed by atoms with Crippen molar-refractivity contribution in [3.05, 3.63) is 88.2 Å². The van der Waals surface area contributed by atoms with Crippen LogP contribution < -0.4 is 20.7 Å². The second-order valence-electron chi connectivity index (χ2n) is 11.4. The fourth-order valence-electron chi connectivity index (χ4n) is 5.59. The highest BCUT2D eigenvalue weighted by Gasteiger charge is 2.21. The van der Waals surface area contributed by atoms with Gasteiger partial charge in [0.2, 0.25) is 11.8 Å². The molecule has 0 bridgehead atoms. The Morgan fingerprint density at radius 2 is 1.65 bits per heavy atom. The summed E-state index contributed by atoms with van der Waals surface area (Å²) in [5.74, 6) is 0.605. The largest absolute Gasteiger partial charge is 0.481 e. The molecule has 5 aromatic rings. The van der Waals surface area contributed by atoms with Crippen molar-refractivity contribution in [3.8, 4) is 39.5 Å². The third-order valence-electron chi connectivity index (χ3n) is 7.88. The molecule has 4 N–H and O–H groups in total. The molecule has 0 spiro atoms. The summed E-state index contributed by atoms with van der Waals surface area (Å²) in [6.07, 6.45) is 2.84. The molecule has 2 atom stereocenters. The summed E-state index contributed by atoms with van der Waals surface area (Å²) in [5, 5.41) is 24.9. The van der Waals surface area contributed by atoms with E-state index in [2.05, 4.69) is 20.9 Å². The van der Waals surface area contributed by atoms with Crippen molar-refractivity contribution in [2.24, 2.45) is 0 Å². The van der Waals surface area contributed by atoms with Gasteiger partial charge in [-0.15, -0.1) is 0 Å². The van der Waals surface area contributed by atoms with Crippen LogP contribution in [0.4, 0.5) is 0 Å². The van der Waals surface area contributed by atoms with Crippen molar-refractivity contribution in [2.75, 3.05) is 20.2 Å². The lowest BCUT2D eigenvalue weighted by atomic mass is 9.98. The number of carbonyl (C=O) groups excluding carboxylic acids is 1. The molecule has 1 fully saturated rings. The molecule has 238 valence electrons. The van der Waals surface area contributed by atoms with Crippen LogP contribution in [-0.2, 0) is 17.9 Å². The fourth-order valence-corrected chi connectivity index (χ4v) is 6.24. The molecule has 1 amide bonds. The summed E-state index contributed by atoms with van der Waals surface area (Å²) in [7, 11) is 1.60. The number of aromatic nitrogens is 4. The molecular formula is C34H35Cl2N7O3. The number of carbonyl (C=O) groups is 1. The average molecular weight is 661 g/mol. The van der Waals surface area contributed by atoms with Crippen LogP contribution in [0.15, 0.2) is 66.9 Å². The lowest BCUT2D eigenvalue weighted by molar-refractivity contribution is -0.119. The van der Waals surface area contributed by atoms with Crippen LogP contribution in [0.2, 0.25) is 10.0 Å². The SMILES string of the molecule is COc1nc(-c2cccc(-c3cccc(-c4ccc5nc(CNC[C@@H](C)O)cn5n4)c3Cl)c2Cl)ccc1CNC[C@@H]1CCC(=O)N1. The van der Waals surface area contributed by atoms with Gasteiger partial charge >= 0.3 is 0 Å². The summed E-state index contributed by atoms with van der Waals surface area (Å²) in [6.45, 7) is 3.97. The van der Waals surface area contributed by atoms with E-state index < -0.39 is 6.10 Å². The molecule has 46 heavy (non-hydrogen) atoms. The van der Waals surface area contributed by atoms with E-state index >= 15 is 0 Å². The van der Waals surface area contributed by atoms with Crippen LogP contribution in [-0.4, -0.2) is 62.9 Å². The quantitative estimate of drug-likeness (QED) is 0.143. The fraction of sp³-hybridized carbons (Fsp3) is 0.294. The van der Waals surface area contributed by atoms with Gasteiger partial charge in [0.05, 0.1) is 46.5 Å². The Balaban J connectivity index is 1.24. The van der Waals surface area contributed by atoms with E-state index in [9.17, 15) is 9.90 Å². The zero-order valence-electron chi connectivity index (χ0n) is 25.6. The number of aliphatic hydroxyl groups excluding tert-OH is 1. The number of halogens is 2. The number of imidazole rings is 1. The van der Waals surface area contributed by atoms with Crippen LogP contribution in [0.25, 0.3) is 39.3 Å². The van der Waals surface area contributed by atoms with Crippen LogP contribution in [0.1, 0.15) is 31.0 Å². The van der Waals surface area contributed by atoms with Gasteiger partial charge in [-0.25, -0.2) is 14.5 Å². The van der Waals surface area contributed by atoms with Crippen molar-refractivity contribution in [2.45, 2.75) is 45.0 Å². The molecule has 3 aromatic heterocycles. The average Bonchev–Trinajstić information content (AvgIpc) is 3.66. The van der Waals surface area contributed by atoms with Gasteiger partial charge in [0, 0.05) is 66.5 Å². The number of hydrogen-bond donors (Lipinski definition) is 4. The first kappa shape index (κ1) is 31.9. The smallest absolute Gasteiger partial charge is 0.220 e. The van der Waals surface area contributed by atoms with E-state index in [4.69, 9.17) is 38.0 Å². The molecule has 2 aromatic carbocycles. The molecule has 0 unspecified atom stereocenters. The number of rotatable bonds is 12. The number of amides is 1. The zero-order chi connectivity index (χ0) is 32.2. The minimum absolute atomic E-state index is 0.100. The van der Waals surface area contributed by atoms with Gasteiger partial charge in [-0.3, -0.25) is 4.79 Å². The summed E-state index contributed by atoms with van der Waals surface area (Å²) < 4.78 is 7.37. The zero-order valence-corrected chi connectivity index (χ0v) is 27.1. The van der Waals surface area contributed by atoms with Gasteiger partial charge in [-0.1, -0.05) is 65.7 Å². The number of benzene rings is 2. The van der Waals surface area contributed by atoms with E-state index in [-0.39, 0.29) is 11.9 Å². The first-order chi connectivity index (χ1) is 22.3. The Bertz CT molecular complexity index is 1880. The Labute approximate surface area is 277 Å². The van der Waals surface area contributed by atoms with Gasteiger partial charge in [-0.2, -0.15) is 5.10 Å². The number of nitrogens with one attached hydrogen (secondary N) is 3. The maximum atomic E-state index is 11.5. The second-order valence-corrected chi connectivity index (χ2v) is 12.1. The topological polar surface area (TPSA) is 126 Å². The third kappa shape index (κ3) is 7.01. The number of hydrogen-bond acceptors (Lipinski definition) is 8. The summed E-state index contributed by atoms with van der Waals surface area (Å²) >= 11 is 14.1. The monoisotopic (exact) mass is 659 g/mol. The highest BCUT2D eigenvalue weighted by molar-refractivity contribution is 6.39. The van der Waals surface area contributed by atoms with Gasteiger partial charge < -0.3 is 25.8 Å². The molecule has 0 saturated carbocycles. The van der Waals surface area contributed by atoms with E-state index in [1.54, 1.807) is 18.5 Å². The number of nitrogens with zero attached hydrogens (tertiary/aromatic N) is 4. The van der Waals surface area contributed by atoms with Crippen molar-refractivity contribution < 1.29 is 14.6 Å². The first-order valence-electron chi connectivity index (χ1n) is 15.2. The lowest BCUT2D eigenvalue weighted by Gasteiger charge is -2.15. The number of pyridine rings is 1. The number of methoxy groups -OCH3 is 1. The third-order valence-corrected chi connectivity index (χ3v) is 8.69. The van der Waals surface area contributed by atoms with E-state index in [0.717, 1.165) is 39.9 Å². The highest BCUT2D eigenvalue weighted by Crippen LogP contribution is 2.42. The number of aliphatic hydroxyl groups is 1. The number of fused-ring (bicyclic) bond motifs is 1. The van der Waals surface area contributed by atoms with Crippen molar-refractivity contribution >= 4 is 34.8 Å². The summed E-state index contributed by atoms with van der Waals surface area (Å²) in [6, 6.07) is 19.4. The van der Waals surface area contributed by atoms with Gasteiger partial charge in [0.15, 0.2) is 5.65 Å². The molecule has 4 heterocycles. The Morgan fingerprint density at radius 3 is 2.33 bits per heavy atom. The lowest BCUT2D eigenvalue weighted by Crippen LogP contribution is -2.35. The van der Waals surface area contributed by atoms with Crippen molar-refractivity contribution in [1.82, 2.24) is 35.5 Å².